The fourth-order valence-corrected chi connectivity index (χ4v) is 4.02. The second kappa shape index (κ2) is 6.71. The molecule has 4 rings (SSSR count). The van der Waals surface area contributed by atoms with Gasteiger partial charge in [0, 0.05) is 56.2 Å². The molecule has 0 atom stereocenters. The maximum absolute atomic E-state index is 4.43. The Morgan fingerprint density at radius 2 is 1.78 bits per heavy atom. The van der Waals surface area contributed by atoms with Crippen molar-refractivity contribution in [3.05, 3.63) is 59.9 Å². The lowest BCUT2D eigenvalue weighted by Gasteiger charge is -2.38. The average molecular weight is 307 g/mol. The molecule has 1 aromatic heterocycles. The van der Waals surface area contributed by atoms with Crippen molar-refractivity contribution in [2.75, 3.05) is 31.1 Å². The summed E-state index contributed by atoms with van der Waals surface area (Å²) in [4.78, 5) is 9.69. The number of nitrogens with zero attached hydrogens (tertiary/aromatic N) is 3. The largest absolute Gasteiger partial charge is 0.368 e. The number of likely N-dealkylation sites (tertiary alicyclic amines) is 1. The Balaban J connectivity index is 1.30. The van der Waals surface area contributed by atoms with Gasteiger partial charge in [0.1, 0.15) is 0 Å². The highest BCUT2D eigenvalue weighted by atomic mass is 15.2. The number of aromatic nitrogens is 1. The van der Waals surface area contributed by atoms with Gasteiger partial charge in [0.15, 0.2) is 0 Å². The van der Waals surface area contributed by atoms with Crippen molar-refractivity contribution < 1.29 is 0 Å². The predicted octanol–water partition coefficient (Wildman–Crippen LogP) is 3.15. The smallest absolute Gasteiger partial charge is 0.0416 e. The second-order valence-electron chi connectivity index (χ2n) is 6.72. The van der Waals surface area contributed by atoms with E-state index in [4.69, 9.17) is 0 Å². The van der Waals surface area contributed by atoms with Crippen LogP contribution in [0.3, 0.4) is 0 Å². The molecular formula is C20H25N3. The number of fused-ring (bicyclic) bond motifs is 1. The Hall–Kier alpha value is -1.87. The third-order valence-electron chi connectivity index (χ3n) is 5.33. The summed E-state index contributed by atoms with van der Waals surface area (Å²) in [6.07, 6.45) is 6.76. The minimum Gasteiger partial charge on any atom is -0.368 e. The topological polar surface area (TPSA) is 19.4 Å². The van der Waals surface area contributed by atoms with E-state index in [1.165, 1.54) is 55.8 Å². The molecule has 2 aromatic rings. The molecule has 0 aliphatic carbocycles. The minimum absolute atomic E-state index is 0.727. The molecule has 0 unspecified atom stereocenters. The Kier molecular flexibility index (Phi) is 4.29. The van der Waals surface area contributed by atoms with Gasteiger partial charge in [-0.2, -0.15) is 0 Å². The van der Waals surface area contributed by atoms with E-state index in [0.29, 0.717) is 0 Å². The normalized spacial score (nSPS) is 19.0. The molecule has 0 radical (unpaired) electrons. The first-order valence-electron chi connectivity index (χ1n) is 8.87. The van der Waals surface area contributed by atoms with Crippen LogP contribution < -0.4 is 4.90 Å². The van der Waals surface area contributed by atoms with Crippen molar-refractivity contribution in [2.45, 2.75) is 31.7 Å². The highest BCUT2D eigenvalue weighted by molar-refractivity contribution is 5.58. The van der Waals surface area contributed by atoms with Gasteiger partial charge in [0.25, 0.3) is 0 Å². The van der Waals surface area contributed by atoms with E-state index in [1.807, 2.05) is 12.3 Å². The van der Waals surface area contributed by atoms with Crippen molar-refractivity contribution >= 4 is 5.69 Å². The summed E-state index contributed by atoms with van der Waals surface area (Å²) in [7, 11) is 0. The van der Waals surface area contributed by atoms with Crippen LogP contribution in [0.4, 0.5) is 5.69 Å². The molecule has 1 fully saturated rings. The number of rotatable bonds is 4. The van der Waals surface area contributed by atoms with Crippen LogP contribution in [0.25, 0.3) is 0 Å². The summed E-state index contributed by atoms with van der Waals surface area (Å²) >= 11 is 0. The fourth-order valence-electron chi connectivity index (χ4n) is 4.02. The molecule has 1 aromatic carbocycles. The van der Waals surface area contributed by atoms with E-state index >= 15 is 0 Å². The zero-order valence-electron chi connectivity index (χ0n) is 13.7. The van der Waals surface area contributed by atoms with Crippen LogP contribution in [-0.4, -0.2) is 42.1 Å². The van der Waals surface area contributed by atoms with Gasteiger partial charge in [-0.1, -0.05) is 24.3 Å². The Labute approximate surface area is 139 Å². The first kappa shape index (κ1) is 14.7. The standard InChI is InChI=1S/C20H25N3/c1-2-7-20-17(5-1)8-16-23(20)19-10-14-22(15-11-19)13-9-18-6-3-4-12-21-18/h1-7,12,19H,8-11,13-16H2. The van der Waals surface area contributed by atoms with Crippen molar-refractivity contribution in [2.24, 2.45) is 0 Å². The van der Waals surface area contributed by atoms with Crippen LogP contribution in [0.2, 0.25) is 0 Å². The van der Waals surface area contributed by atoms with E-state index in [1.54, 1.807) is 0 Å². The summed E-state index contributed by atoms with van der Waals surface area (Å²) < 4.78 is 0. The van der Waals surface area contributed by atoms with Crippen molar-refractivity contribution in [1.29, 1.82) is 0 Å². The average Bonchev–Trinajstić information content (AvgIpc) is 3.05. The first-order valence-corrected chi connectivity index (χ1v) is 8.87. The molecule has 2 aliphatic heterocycles. The first-order chi connectivity index (χ1) is 11.4. The van der Waals surface area contributed by atoms with Gasteiger partial charge in [-0.05, 0) is 43.0 Å². The summed E-state index contributed by atoms with van der Waals surface area (Å²) in [6, 6.07) is 15.9. The highest BCUT2D eigenvalue weighted by Crippen LogP contribution is 2.32. The summed E-state index contributed by atoms with van der Waals surface area (Å²) in [6.45, 7) is 4.78. The third-order valence-corrected chi connectivity index (χ3v) is 5.33. The molecule has 0 saturated carbocycles. The van der Waals surface area contributed by atoms with E-state index < -0.39 is 0 Å². The molecular weight excluding hydrogens is 282 g/mol. The predicted molar refractivity (Wildman–Crippen MR) is 94.9 cm³/mol. The molecule has 3 heterocycles. The number of anilines is 1. The van der Waals surface area contributed by atoms with Gasteiger partial charge in [0.2, 0.25) is 0 Å². The van der Waals surface area contributed by atoms with Crippen LogP contribution in [0.15, 0.2) is 48.7 Å². The van der Waals surface area contributed by atoms with Crippen LogP contribution >= 0.6 is 0 Å². The van der Waals surface area contributed by atoms with E-state index in [-0.39, 0.29) is 0 Å². The van der Waals surface area contributed by atoms with Gasteiger partial charge in [-0.15, -0.1) is 0 Å². The second-order valence-corrected chi connectivity index (χ2v) is 6.72. The van der Waals surface area contributed by atoms with E-state index in [2.05, 4.69) is 51.2 Å². The number of para-hydroxylation sites is 1. The zero-order valence-corrected chi connectivity index (χ0v) is 13.7. The van der Waals surface area contributed by atoms with Gasteiger partial charge < -0.3 is 9.80 Å². The van der Waals surface area contributed by atoms with E-state index in [0.717, 1.165) is 19.0 Å². The van der Waals surface area contributed by atoms with Crippen molar-refractivity contribution in [3.63, 3.8) is 0 Å². The number of hydrogen-bond donors (Lipinski definition) is 0. The number of hydrogen-bond acceptors (Lipinski definition) is 3. The number of pyridine rings is 1. The van der Waals surface area contributed by atoms with Crippen LogP contribution in [0.5, 0.6) is 0 Å². The molecule has 0 bridgehead atoms. The monoisotopic (exact) mass is 307 g/mol. The summed E-state index contributed by atoms with van der Waals surface area (Å²) in [5.74, 6) is 0. The molecule has 120 valence electrons. The van der Waals surface area contributed by atoms with Crippen LogP contribution in [-0.2, 0) is 12.8 Å². The maximum Gasteiger partial charge on any atom is 0.0416 e. The van der Waals surface area contributed by atoms with Crippen LogP contribution in [0.1, 0.15) is 24.1 Å². The van der Waals surface area contributed by atoms with Crippen molar-refractivity contribution in [1.82, 2.24) is 9.88 Å². The Bertz CT molecular complexity index is 632. The Morgan fingerprint density at radius 3 is 2.61 bits per heavy atom. The van der Waals surface area contributed by atoms with Gasteiger partial charge >= 0.3 is 0 Å². The lowest BCUT2D eigenvalue weighted by atomic mass is 10.0. The zero-order chi connectivity index (χ0) is 15.5. The Morgan fingerprint density at radius 1 is 0.957 bits per heavy atom. The molecule has 23 heavy (non-hydrogen) atoms. The maximum atomic E-state index is 4.43. The number of piperidine rings is 1. The summed E-state index contributed by atoms with van der Waals surface area (Å²) in [5.41, 5.74) is 4.23. The van der Waals surface area contributed by atoms with Gasteiger partial charge in [-0.25, -0.2) is 0 Å². The third kappa shape index (κ3) is 3.25. The van der Waals surface area contributed by atoms with Gasteiger partial charge in [0.05, 0.1) is 0 Å². The lowest BCUT2D eigenvalue weighted by molar-refractivity contribution is 0.211. The highest BCUT2D eigenvalue weighted by Gasteiger charge is 2.28. The number of benzene rings is 1. The fraction of sp³-hybridized carbons (Fsp3) is 0.450. The van der Waals surface area contributed by atoms with Crippen LogP contribution in [0, 0.1) is 0 Å². The molecule has 0 N–H and O–H groups in total. The molecule has 2 aliphatic rings. The van der Waals surface area contributed by atoms with Crippen molar-refractivity contribution in [3.8, 4) is 0 Å². The SMILES string of the molecule is c1ccc(CCN2CCC(N3CCc4ccccc43)CC2)nc1. The minimum atomic E-state index is 0.727. The molecule has 3 nitrogen and oxygen atoms in total. The van der Waals surface area contributed by atoms with E-state index in [9.17, 15) is 0 Å². The van der Waals surface area contributed by atoms with Gasteiger partial charge in [-0.3, -0.25) is 4.98 Å². The molecule has 0 spiro atoms. The molecule has 0 amide bonds. The molecule has 3 heteroatoms. The molecule has 1 saturated heterocycles. The lowest BCUT2D eigenvalue weighted by Crippen LogP contribution is -2.45. The quantitative estimate of drug-likeness (QED) is 0.865. The summed E-state index contributed by atoms with van der Waals surface area (Å²) in [5, 5.41) is 0.